The lowest BCUT2D eigenvalue weighted by Gasteiger charge is -2.16. The second-order valence-corrected chi connectivity index (χ2v) is 6.79. The van der Waals surface area contributed by atoms with Gasteiger partial charge in [0, 0.05) is 28.6 Å². The van der Waals surface area contributed by atoms with Gasteiger partial charge in [-0.05, 0) is 37.3 Å². The van der Waals surface area contributed by atoms with Gasteiger partial charge in [0.05, 0.1) is 17.6 Å². The lowest BCUT2D eigenvalue weighted by molar-refractivity contribution is -0.116. The number of hydrogen-bond donors (Lipinski definition) is 1. The van der Waals surface area contributed by atoms with E-state index in [1.54, 1.807) is 12.1 Å². The van der Waals surface area contributed by atoms with Crippen LogP contribution < -0.4 is 10.7 Å². The predicted molar refractivity (Wildman–Crippen MR) is 116 cm³/mol. The average Bonchev–Trinajstić information content (AvgIpc) is 2.76. The maximum absolute atomic E-state index is 12.9. The van der Waals surface area contributed by atoms with Gasteiger partial charge in [-0.25, -0.2) is 0 Å². The molecule has 4 rings (SSSR count). The zero-order valence-electron chi connectivity index (χ0n) is 16.2. The molecule has 0 saturated carbocycles. The Morgan fingerprint density at radius 2 is 1.48 bits per heavy atom. The highest BCUT2D eigenvalue weighted by atomic mass is 16.5. The van der Waals surface area contributed by atoms with E-state index in [1.165, 1.54) is 0 Å². The summed E-state index contributed by atoms with van der Waals surface area (Å²) in [6.07, 6.45) is 0. The topological polar surface area (TPSA) is 60.3 Å². The van der Waals surface area contributed by atoms with E-state index in [0.717, 1.165) is 22.3 Å². The summed E-state index contributed by atoms with van der Waals surface area (Å²) >= 11 is 0. The van der Waals surface area contributed by atoms with E-state index in [1.807, 2.05) is 72.2 Å². The Morgan fingerprint density at radius 3 is 2.14 bits per heavy atom. The van der Waals surface area contributed by atoms with Crippen LogP contribution in [0.15, 0.2) is 77.6 Å². The van der Waals surface area contributed by atoms with Crippen LogP contribution in [0.5, 0.6) is 0 Å². The largest absolute Gasteiger partial charge is 0.377 e. The number of fused-ring (bicyclic) bond motifs is 2. The van der Waals surface area contributed by atoms with Crippen LogP contribution in [0.2, 0.25) is 0 Å². The van der Waals surface area contributed by atoms with Crippen molar-refractivity contribution in [3.63, 3.8) is 0 Å². The molecule has 1 aromatic heterocycles. The number of anilines is 1. The van der Waals surface area contributed by atoms with Gasteiger partial charge in [-0.3, -0.25) is 9.59 Å². The number of carbonyl (C=O) groups excluding carboxylic acids is 1. The second kappa shape index (κ2) is 8.29. The molecule has 0 aliphatic rings. The van der Waals surface area contributed by atoms with Crippen LogP contribution in [0.1, 0.15) is 12.5 Å². The highest BCUT2D eigenvalue weighted by Crippen LogP contribution is 2.20. The molecule has 0 radical (unpaired) electrons. The van der Waals surface area contributed by atoms with Crippen molar-refractivity contribution in [2.45, 2.75) is 20.1 Å². The molecule has 1 heterocycles. The standard InChI is InChI=1S/C24H22N2O3/c1-2-29-16-17-9-3-6-12-20(17)25-23(27)15-26-21-13-7-4-10-18(21)24(28)19-11-5-8-14-22(19)26/h3-14H,2,15-16H2,1H3,(H,25,27). The molecule has 29 heavy (non-hydrogen) atoms. The van der Waals surface area contributed by atoms with Crippen LogP contribution in [-0.2, 0) is 22.7 Å². The molecule has 0 bridgehead atoms. The summed E-state index contributed by atoms with van der Waals surface area (Å²) in [7, 11) is 0. The molecule has 0 fully saturated rings. The maximum Gasteiger partial charge on any atom is 0.244 e. The van der Waals surface area contributed by atoms with E-state index in [0.29, 0.717) is 24.0 Å². The van der Waals surface area contributed by atoms with E-state index < -0.39 is 0 Å². The molecule has 1 N–H and O–H groups in total. The lowest BCUT2D eigenvalue weighted by atomic mass is 10.1. The molecule has 3 aromatic carbocycles. The molecule has 0 aliphatic heterocycles. The summed E-state index contributed by atoms with van der Waals surface area (Å²) in [6.45, 7) is 3.09. The van der Waals surface area contributed by atoms with Crippen LogP contribution in [-0.4, -0.2) is 17.1 Å². The van der Waals surface area contributed by atoms with E-state index in [4.69, 9.17) is 4.74 Å². The second-order valence-electron chi connectivity index (χ2n) is 6.79. The van der Waals surface area contributed by atoms with Gasteiger partial charge in [-0.15, -0.1) is 0 Å². The third kappa shape index (κ3) is 3.77. The minimum atomic E-state index is -0.159. The Hall–Kier alpha value is -3.44. The van der Waals surface area contributed by atoms with Gasteiger partial charge >= 0.3 is 0 Å². The van der Waals surface area contributed by atoms with Crippen LogP contribution in [0.25, 0.3) is 21.8 Å². The Morgan fingerprint density at radius 1 is 0.897 bits per heavy atom. The summed E-state index contributed by atoms with van der Waals surface area (Å²) in [5.41, 5.74) is 3.13. The van der Waals surface area contributed by atoms with Gasteiger partial charge in [0.15, 0.2) is 5.43 Å². The van der Waals surface area contributed by atoms with Crippen molar-refractivity contribution in [3.8, 4) is 0 Å². The zero-order valence-corrected chi connectivity index (χ0v) is 16.2. The fourth-order valence-corrected chi connectivity index (χ4v) is 3.56. The number of ether oxygens (including phenoxy) is 1. The summed E-state index contributed by atoms with van der Waals surface area (Å²) in [5, 5.41) is 4.21. The fourth-order valence-electron chi connectivity index (χ4n) is 3.56. The molecule has 5 nitrogen and oxygen atoms in total. The van der Waals surface area contributed by atoms with Crippen molar-refractivity contribution in [2.24, 2.45) is 0 Å². The number of aromatic nitrogens is 1. The van der Waals surface area contributed by atoms with E-state index in [2.05, 4.69) is 5.32 Å². The van der Waals surface area contributed by atoms with Gasteiger partial charge in [0.2, 0.25) is 5.91 Å². The molecular formula is C24H22N2O3. The molecular weight excluding hydrogens is 364 g/mol. The first-order chi connectivity index (χ1) is 14.2. The van der Waals surface area contributed by atoms with Crippen molar-refractivity contribution in [1.29, 1.82) is 0 Å². The first kappa shape index (κ1) is 18.9. The summed E-state index contributed by atoms with van der Waals surface area (Å²) in [6, 6.07) is 22.4. The third-order valence-electron chi connectivity index (χ3n) is 4.93. The van der Waals surface area contributed by atoms with E-state index >= 15 is 0 Å². The number of hydrogen-bond acceptors (Lipinski definition) is 3. The number of nitrogens with zero attached hydrogens (tertiary/aromatic N) is 1. The predicted octanol–water partition coefficient (Wildman–Crippen LogP) is 4.33. The maximum atomic E-state index is 12.9. The van der Waals surface area contributed by atoms with Crippen molar-refractivity contribution in [1.82, 2.24) is 4.57 Å². The van der Waals surface area contributed by atoms with Crippen LogP contribution in [0, 0.1) is 0 Å². The van der Waals surface area contributed by atoms with Crippen molar-refractivity contribution in [3.05, 3.63) is 88.6 Å². The lowest BCUT2D eigenvalue weighted by Crippen LogP contribution is -2.22. The highest BCUT2D eigenvalue weighted by molar-refractivity contribution is 5.97. The van der Waals surface area contributed by atoms with Crippen molar-refractivity contribution >= 4 is 33.4 Å². The first-order valence-electron chi connectivity index (χ1n) is 9.65. The Kier molecular flexibility index (Phi) is 5.40. The Bertz CT molecular complexity index is 1180. The smallest absolute Gasteiger partial charge is 0.244 e. The molecule has 4 aromatic rings. The number of nitrogens with one attached hydrogen (secondary N) is 1. The van der Waals surface area contributed by atoms with Gasteiger partial charge in [-0.2, -0.15) is 0 Å². The summed E-state index contributed by atoms with van der Waals surface area (Å²) in [5.74, 6) is -0.159. The van der Waals surface area contributed by atoms with E-state index in [-0.39, 0.29) is 17.9 Å². The number of pyridine rings is 1. The SMILES string of the molecule is CCOCc1ccccc1NC(=O)Cn1c2ccccc2c(=O)c2ccccc21. The normalized spacial score (nSPS) is 11.1. The summed E-state index contributed by atoms with van der Waals surface area (Å²) < 4.78 is 7.39. The van der Waals surface area contributed by atoms with Gasteiger partial charge in [-0.1, -0.05) is 42.5 Å². The quantitative estimate of drug-likeness (QED) is 0.502. The van der Waals surface area contributed by atoms with Gasteiger partial charge in [0.1, 0.15) is 6.54 Å². The molecule has 0 unspecified atom stereocenters. The van der Waals surface area contributed by atoms with Gasteiger partial charge < -0.3 is 14.6 Å². The molecule has 1 amide bonds. The molecule has 146 valence electrons. The molecule has 5 heteroatoms. The number of carbonyl (C=O) groups is 1. The fraction of sp³-hybridized carbons (Fsp3) is 0.167. The Labute approximate surface area is 168 Å². The number of amides is 1. The third-order valence-corrected chi connectivity index (χ3v) is 4.93. The summed E-state index contributed by atoms with van der Waals surface area (Å²) in [4.78, 5) is 25.8. The van der Waals surface area contributed by atoms with Crippen molar-refractivity contribution in [2.75, 3.05) is 11.9 Å². The number of benzene rings is 3. The molecule has 0 atom stereocenters. The monoisotopic (exact) mass is 386 g/mol. The molecule has 0 saturated heterocycles. The molecule has 0 aliphatic carbocycles. The van der Waals surface area contributed by atoms with Crippen LogP contribution in [0.4, 0.5) is 5.69 Å². The minimum absolute atomic E-state index is 0.0186. The molecule has 0 spiro atoms. The number of rotatable bonds is 6. The van der Waals surface area contributed by atoms with Gasteiger partial charge in [0.25, 0.3) is 0 Å². The number of para-hydroxylation sites is 3. The minimum Gasteiger partial charge on any atom is -0.377 e. The highest BCUT2D eigenvalue weighted by Gasteiger charge is 2.13. The zero-order chi connectivity index (χ0) is 20.2. The Balaban J connectivity index is 1.72. The average molecular weight is 386 g/mol. The van der Waals surface area contributed by atoms with Crippen molar-refractivity contribution < 1.29 is 9.53 Å². The first-order valence-corrected chi connectivity index (χ1v) is 9.65. The van der Waals surface area contributed by atoms with E-state index in [9.17, 15) is 9.59 Å². The van der Waals surface area contributed by atoms with Crippen LogP contribution in [0.3, 0.4) is 0 Å². The van der Waals surface area contributed by atoms with Crippen LogP contribution >= 0.6 is 0 Å².